The number of thiophene rings is 1. The van der Waals surface area contributed by atoms with E-state index in [-0.39, 0.29) is 12.5 Å². The van der Waals surface area contributed by atoms with E-state index in [0.29, 0.717) is 17.1 Å². The first kappa shape index (κ1) is 15.5. The maximum atomic E-state index is 12.1. The van der Waals surface area contributed by atoms with Crippen molar-refractivity contribution in [1.29, 1.82) is 0 Å². The van der Waals surface area contributed by atoms with E-state index in [9.17, 15) is 9.90 Å². The van der Waals surface area contributed by atoms with Crippen LogP contribution in [-0.4, -0.2) is 17.6 Å². The van der Waals surface area contributed by atoms with Crippen molar-refractivity contribution < 1.29 is 14.3 Å². The molecule has 0 spiro atoms. The molecule has 3 aromatic rings. The van der Waals surface area contributed by atoms with E-state index in [4.69, 9.17) is 4.42 Å². The molecule has 1 amide bonds. The van der Waals surface area contributed by atoms with Gasteiger partial charge in [0.25, 0.3) is 5.91 Å². The average molecular weight is 327 g/mol. The Kier molecular flexibility index (Phi) is 4.60. The normalized spacial score (nSPS) is 12.1. The van der Waals surface area contributed by atoms with Crippen LogP contribution in [0.3, 0.4) is 0 Å². The van der Waals surface area contributed by atoms with Crippen molar-refractivity contribution in [3.05, 3.63) is 70.1 Å². The van der Waals surface area contributed by atoms with Crippen molar-refractivity contribution in [2.24, 2.45) is 0 Å². The van der Waals surface area contributed by atoms with Crippen molar-refractivity contribution in [1.82, 2.24) is 5.32 Å². The molecule has 2 heterocycles. The summed E-state index contributed by atoms with van der Waals surface area (Å²) < 4.78 is 5.66. The number of benzene rings is 1. The molecule has 0 saturated carbocycles. The SMILES string of the molecule is Cc1ccccc1C(=O)NC[C@H](O)c1ccc(-c2ccsc2)o1. The Morgan fingerprint density at radius 3 is 2.83 bits per heavy atom. The first-order chi connectivity index (χ1) is 11.1. The molecule has 2 N–H and O–H groups in total. The molecule has 0 bridgehead atoms. The minimum absolute atomic E-state index is 0.101. The summed E-state index contributed by atoms with van der Waals surface area (Å²) in [7, 11) is 0. The zero-order chi connectivity index (χ0) is 16.2. The molecule has 5 heteroatoms. The fourth-order valence-electron chi connectivity index (χ4n) is 2.30. The summed E-state index contributed by atoms with van der Waals surface area (Å²) in [6.45, 7) is 1.98. The van der Waals surface area contributed by atoms with Crippen LogP contribution in [0.15, 0.2) is 57.6 Å². The number of carbonyl (C=O) groups is 1. The summed E-state index contributed by atoms with van der Waals surface area (Å²) >= 11 is 1.59. The fraction of sp³-hybridized carbons (Fsp3) is 0.167. The lowest BCUT2D eigenvalue weighted by molar-refractivity contribution is 0.0901. The number of hydrogen-bond acceptors (Lipinski definition) is 4. The first-order valence-electron chi connectivity index (χ1n) is 7.29. The molecule has 0 aliphatic rings. The van der Waals surface area contributed by atoms with E-state index < -0.39 is 6.10 Å². The van der Waals surface area contributed by atoms with Crippen molar-refractivity contribution in [3.63, 3.8) is 0 Å². The predicted molar refractivity (Wildman–Crippen MR) is 90.5 cm³/mol. The standard InChI is InChI=1S/C18H17NO3S/c1-12-4-2-3-5-14(12)18(21)19-10-15(20)17-7-6-16(22-17)13-8-9-23-11-13/h2-9,11,15,20H,10H2,1H3,(H,19,21)/t15-/m0/s1. The van der Waals surface area contributed by atoms with Crippen molar-refractivity contribution in [2.75, 3.05) is 6.54 Å². The molecule has 0 radical (unpaired) electrons. The number of carbonyl (C=O) groups excluding carboxylic acids is 1. The molecule has 3 rings (SSSR count). The van der Waals surface area contributed by atoms with Crippen LogP contribution in [0.5, 0.6) is 0 Å². The van der Waals surface area contributed by atoms with Gasteiger partial charge in [-0.1, -0.05) is 18.2 Å². The fourth-order valence-corrected chi connectivity index (χ4v) is 2.95. The van der Waals surface area contributed by atoms with Gasteiger partial charge in [0.2, 0.25) is 0 Å². The summed E-state index contributed by atoms with van der Waals surface area (Å²) in [5.41, 5.74) is 2.49. The Hall–Kier alpha value is -2.37. The highest BCUT2D eigenvalue weighted by Gasteiger charge is 2.16. The van der Waals surface area contributed by atoms with Gasteiger partial charge in [-0.3, -0.25) is 4.79 Å². The van der Waals surface area contributed by atoms with Crippen molar-refractivity contribution in [2.45, 2.75) is 13.0 Å². The molecule has 0 aliphatic heterocycles. The Balaban J connectivity index is 1.62. The average Bonchev–Trinajstić information content (AvgIpc) is 3.23. The molecule has 0 aliphatic carbocycles. The number of furan rings is 1. The number of rotatable bonds is 5. The third-order valence-electron chi connectivity index (χ3n) is 3.61. The molecule has 1 aromatic carbocycles. The lowest BCUT2D eigenvalue weighted by Crippen LogP contribution is -2.28. The largest absolute Gasteiger partial charge is 0.458 e. The highest BCUT2D eigenvalue weighted by Crippen LogP contribution is 2.26. The quantitative estimate of drug-likeness (QED) is 0.749. The van der Waals surface area contributed by atoms with E-state index in [1.54, 1.807) is 23.5 Å². The monoisotopic (exact) mass is 327 g/mol. The molecule has 118 valence electrons. The topological polar surface area (TPSA) is 62.5 Å². The molecule has 0 saturated heterocycles. The van der Waals surface area contributed by atoms with Crippen LogP contribution in [0.4, 0.5) is 0 Å². The molecule has 4 nitrogen and oxygen atoms in total. The second-order valence-electron chi connectivity index (χ2n) is 5.25. The van der Waals surface area contributed by atoms with Gasteiger partial charge < -0.3 is 14.8 Å². The van der Waals surface area contributed by atoms with Gasteiger partial charge in [-0.05, 0) is 42.1 Å². The number of aliphatic hydroxyl groups excluding tert-OH is 1. The van der Waals surface area contributed by atoms with Gasteiger partial charge in [-0.2, -0.15) is 11.3 Å². The van der Waals surface area contributed by atoms with Gasteiger partial charge in [0.15, 0.2) is 0 Å². The van der Waals surface area contributed by atoms with Gasteiger partial charge in [-0.15, -0.1) is 0 Å². The third-order valence-corrected chi connectivity index (χ3v) is 4.29. The molecule has 2 aromatic heterocycles. The van der Waals surface area contributed by atoms with Crippen LogP contribution in [0.25, 0.3) is 11.3 Å². The van der Waals surface area contributed by atoms with E-state index >= 15 is 0 Å². The highest BCUT2D eigenvalue weighted by atomic mass is 32.1. The zero-order valence-corrected chi connectivity index (χ0v) is 13.5. The second-order valence-corrected chi connectivity index (χ2v) is 6.03. The lowest BCUT2D eigenvalue weighted by atomic mass is 10.1. The Morgan fingerprint density at radius 1 is 1.26 bits per heavy atom. The molecular formula is C18H17NO3S. The molecule has 0 fully saturated rings. The van der Waals surface area contributed by atoms with E-state index in [1.165, 1.54) is 0 Å². The summed E-state index contributed by atoms with van der Waals surface area (Å²) in [4.78, 5) is 12.1. The van der Waals surface area contributed by atoms with E-state index in [2.05, 4.69) is 5.32 Å². The smallest absolute Gasteiger partial charge is 0.251 e. The van der Waals surface area contributed by atoms with E-state index in [1.807, 2.05) is 48.0 Å². The zero-order valence-electron chi connectivity index (χ0n) is 12.7. The minimum Gasteiger partial charge on any atom is -0.458 e. The van der Waals surface area contributed by atoms with Crippen LogP contribution >= 0.6 is 11.3 Å². The Labute approximate surface area is 138 Å². The maximum Gasteiger partial charge on any atom is 0.251 e. The van der Waals surface area contributed by atoms with Crippen molar-refractivity contribution >= 4 is 17.2 Å². The molecule has 23 heavy (non-hydrogen) atoms. The molecule has 0 unspecified atom stereocenters. The molecule has 1 atom stereocenters. The summed E-state index contributed by atoms with van der Waals surface area (Å²) in [5.74, 6) is 0.952. The van der Waals surface area contributed by atoms with Crippen LogP contribution in [0, 0.1) is 6.92 Å². The number of nitrogens with one attached hydrogen (secondary N) is 1. The number of aryl methyl sites for hydroxylation is 1. The Morgan fingerprint density at radius 2 is 2.09 bits per heavy atom. The molecular weight excluding hydrogens is 310 g/mol. The van der Waals surface area contributed by atoms with Crippen molar-refractivity contribution in [3.8, 4) is 11.3 Å². The Bertz CT molecular complexity index is 792. The van der Waals surface area contributed by atoms with Gasteiger partial charge in [-0.25, -0.2) is 0 Å². The van der Waals surface area contributed by atoms with Gasteiger partial charge in [0.05, 0.1) is 6.54 Å². The summed E-state index contributed by atoms with van der Waals surface area (Å²) in [6, 6.07) is 12.9. The van der Waals surface area contributed by atoms with Gasteiger partial charge in [0.1, 0.15) is 17.6 Å². The minimum atomic E-state index is -0.879. The van der Waals surface area contributed by atoms with Gasteiger partial charge in [0, 0.05) is 16.5 Å². The number of amides is 1. The summed E-state index contributed by atoms with van der Waals surface area (Å²) in [5, 5.41) is 16.9. The summed E-state index contributed by atoms with van der Waals surface area (Å²) in [6.07, 6.45) is -0.879. The van der Waals surface area contributed by atoms with Crippen LogP contribution in [0.2, 0.25) is 0 Å². The second kappa shape index (κ2) is 6.81. The lowest BCUT2D eigenvalue weighted by Gasteiger charge is -2.11. The third kappa shape index (κ3) is 3.52. The number of aliphatic hydroxyl groups is 1. The maximum absolute atomic E-state index is 12.1. The first-order valence-corrected chi connectivity index (χ1v) is 8.23. The number of hydrogen-bond donors (Lipinski definition) is 2. The highest BCUT2D eigenvalue weighted by molar-refractivity contribution is 7.08. The van der Waals surface area contributed by atoms with Gasteiger partial charge >= 0.3 is 0 Å². The van der Waals surface area contributed by atoms with E-state index in [0.717, 1.165) is 11.1 Å². The van der Waals surface area contributed by atoms with Crippen LogP contribution < -0.4 is 5.32 Å². The van der Waals surface area contributed by atoms with Crippen LogP contribution in [-0.2, 0) is 0 Å². The van der Waals surface area contributed by atoms with Crippen LogP contribution in [0.1, 0.15) is 27.8 Å². The predicted octanol–water partition coefficient (Wildman–Crippen LogP) is 3.78.